The lowest BCUT2D eigenvalue weighted by atomic mass is 9.88. The van der Waals surface area contributed by atoms with Crippen molar-refractivity contribution in [2.45, 2.75) is 37.9 Å². The lowest BCUT2D eigenvalue weighted by Crippen LogP contribution is -2.45. The molecule has 1 saturated heterocycles. The van der Waals surface area contributed by atoms with Crippen LogP contribution in [0.25, 0.3) is 10.9 Å². The van der Waals surface area contributed by atoms with Gasteiger partial charge in [-0.2, -0.15) is 0 Å². The van der Waals surface area contributed by atoms with Crippen LogP contribution in [0.3, 0.4) is 0 Å². The standard InChI is InChI=1S/C22H25N3/c23-17-10-12-24-13-11-19-18-8-4-5-9-20(18)25(22(19)21(24)14-17)15-16-6-2-1-3-7-16/h1-9,17,21H,10-15,23H2. The van der Waals surface area contributed by atoms with Crippen LogP contribution >= 0.6 is 0 Å². The van der Waals surface area contributed by atoms with E-state index in [0.29, 0.717) is 12.1 Å². The summed E-state index contributed by atoms with van der Waals surface area (Å²) < 4.78 is 2.56. The molecule has 0 aliphatic carbocycles. The third kappa shape index (κ3) is 2.50. The first-order valence-electron chi connectivity index (χ1n) is 9.45. The molecule has 3 aromatic rings. The molecule has 3 nitrogen and oxygen atoms in total. The Morgan fingerprint density at radius 1 is 0.960 bits per heavy atom. The number of hydrogen-bond acceptors (Lipinski definition) is 2. The molecule has 2 atom stereocenters. The van der Waals surface area contributed by atoms with Gasteiger partial charge in [0.2, 0.25) is 0 Å². The van der Waals surface area contributed by atoms with Gasteiger partial charge in [-0.25, -0.2) is 0 Å². The number of benzene rings is 2. The summed E-state index contributed by atoms with van der Waals surface area (Å²) >= 11 is 0. The van der Waals surface area contributed by atoms with E-state index >= 15 is 0 Å². The molecule has 1 fully saturated rings. The van der Waals surface area contributed by atoms with Crippen LogP contribution in [-0.2, 0) is 13.0 Å². The maximum atomic E-state index is 6.36. The summed E-state index contributed by atoms with van der Waals surface area (Å²) in [7, 11) is 0. The Morgan fingerprint density at radius 3 is 2.64 bits per heavy atom. The summed E-state index contributed by atoms with van der Waals surface area (Å²) in [4.78, 5) is 2.66. The third-order valence-electron chi connectivity index (χ3n) is 6.02. The molecule has 0 amide bonds. The van der Waals surface area contributed by atoms with E-state index in [2.05, 4.69) is 64.1 Å². The van der Waals surface area contributed by atoms with Crippen LogP contribution in [0.1, 0.15) is 35.7 Å². The zero-order valence-corrected chi connectivity index (χ0v) is 14.6. The molecule has 2 aliphatic heterocycles. The summed E-state index contributed by atoms with van der Waals surface area (Å²) in [6.45, 7) is 3.25. The van der Waals surface area contributed by atoms with E-state index in [4.69, 9.17) is 5.73 Å². The first kappa shape index (κ1) is 15.2. The number of hydrogen-bond donors (Lipinski definition) is 1. The second-order valence-electron chi connectivity index (χ2n) is 7.54. The normalized spacial score (nSPS) is 23.4. The lowest BCUT2D eigenvalue weighted by Gasteiger charge is -2.42. The number of piperidine rings is 1. The highest BCUT2D eigenvalue weighted by Crippen LogP contribution is 2.41. The van der Waals surface area contributed by atoms with Gasteiger partial charge in [0.05, 0.1) is 6.04 Å². The smallest absolute Gasteiger partial charge is 0.0518 e. The van der Waals surface area contributed by atoms with Gasteiger partial charge in [-0.15, -0.1) is 0 Å². The van der Waals surface area contributed by atoms with Crippen molar-refractivity contribution in [2.75, 3.05) is 13.1 Å². The van der Waals surface area contributed by atoms with Gasteiger partial charge >= 0.3 is 0 Å². The lowest BCUT2D eigenvalue weighted by molar-refractivity contribution is 0.121. The molecule has 3 heteroatoms. The first-order chi connectivity index (χ1) is 12.3. The van der Waals surface area contributed by atoms with Gasteiger partial charge in [-0.05, 0) is 36.5 Å². The van der Waals surface area contributed by atoms with Crippen molar-refractivity contribution in [3.05, 3.63) is 71.4 Å². The van der Waals surface area contributed by atoms with Crippen LogP contribution in [-0.4, -0.2) is 28.6 Å². The van der Waals surface area contributed by atoms with Crippen molar-refractivity contribution < 1.29 is 0 Å². The Labute approximate surface area is 149 Å². The van der Waals surface area contributed by atoms with Crippen LogP contribution < -0.4 is 5.73 Å². The number of fused-ring (bicyclic) bond motifs is 5. The predicted molar refractivity (Wildman–Crippen MR) is 103 cm³/mol. The van der Waals surface area contributed by atoms with Gasteiger partial charge in [-0.1, -0.05) is 48.5 Å². The number of aromatic nitrogens is 1. The van der Waals surface area contributed by atoms with Gasteiger partial charge in [0, 0.05) is 42.3 Å². The molecule has 128 valence electrons. The Balaban J connectivity index is 1.69. The molecule has 3 heterocycles. The maximum Gasteiger partial charge on any atom is 0.0518 e. The number of rotatable bonds is 2. The minimum Gasteiger partial charge on any atom is -0.338 e. The maximum absolute atomic E-state index is 6.36. The Bertz CT molecular complexity index is 896. The van der Waals surface area contributed by atoms with E-state index in [0.717, 1.165) is 32.4 Å². The molecule has 0 spiro atoms. The highest BCUT2D eigenvalue weighted by Gasteiger charge is 2.36. The number of nitrogens with zero attached hydrogens (tertiary/aromatic N) is 2. The van der Waals surface area contributed by atoms with Gasteiger partial charge in [0.1, 0.15) is 0 Å². The quantitative estimate of drug-likeness (QED) is 0.777. The Kier molecular flexibility index (Phi) is 3.65. The van der Waals surface area contributed by atoms with E-state index < -0.39 is 0 Å². The highest BCUT2D eigenvalue weighted by molar-refractivity contribution is 5.86. The van der Waals surface area contributed by atoms with Crippen LogP contribution in [0.5, 0.6) is 0 Å². The first-order valence-corrected chi connectivity index (χ1v) is 9.45. The average molecular weight is 331 g/mol. The van der Waals surface area contributed by atoms with Gasteiger partial charge < -0.3 is 10.3 Å². The molecule has 2 aliphatic rings. The topological polar surface area (TPSA) is 34.2 Å². The van der Waals surface area contributed by atoms with Crippen LogP contribution in [0.15, 0.2) is 54.6 Å². The summed E-state index contributed by atoms with van der Waals surface area (Å²) in [5.41, 5.74) is 12.2. The molecular formula is C22H25N3. The largest absolute Gasteiger partial charge is 0.338 e. The molecule has 0 saturated carbocycles. The van der Waals surface area contributed by atoms with Crippen molar-refractivity contribution in [3.8, 4) is 0 Å². The van der Waals surface area contributed by atoms with E-state index in [1.807, 2.05) is 0 Å². The molecule has 0 radical (unpaired) electrons. The fourth-order valence-electron chi connectivity index (χ4n) is 4.82. The van der Waals surface area contributed by atoms with Crippen molar-refractivity contribution in [3.63, 3.8) is 0 Å². The third-order valence-corrected chi connectivity index (χ3v) is 6.02. The second kappa shape index (κ2) is 6.01. The van der Waals surface area contributed by atoms with E-state index in [1.165, 1.54) is 28.7 Å². The predicted octanol–water partition coefficient (Wildman–Crippen LogP) is 3.71. The SMILES string of the molecule is NC1CCN2CCc3c(n(Cc4ccccc4)c4ccccc34)C2C1. The Hall–Kier alpha value is -2.10. The number of nitrogens with two attached hydrogens (primary N) is 1. The molecule has 25 heavy (non-hydrogen) atoms. The van der Waals surface area contributed by atoms with Gasteiger partial charge in [-0.3, -0.25) is 4.90 Å². The van der Waals surface area contributed by atoms with Crippen molar-refractivity contribution in [1.82, 2.24) is 9.47 Å². The van der Waals surface area contributed by atoms with E-state index in [1.54, 1.807) is 5.56 Å². The average Bonchev–Trinajstić information content (AvgIpc) is 2.97. The summed E-state index contributed by atoms with van der Waals surface area (Å²) in [5.74, 6) is 0. The zero-order chi connectivity index (χ0) is 16.8. The van der Waals surface area contributed by atoms with Crippen LogP contribution in [0, 0.1) is 0 Å². The van der Waals surface area contributed by atoms with Crippen molar-refractivity contribution in [2.24, 2.45) is 5.73 Å². The monoisotopic (exact) mass is 331 g/mol. The molecule has 0 bridgehead atoms. The van der Waals surface area contributed by atoms with Gasteiger partial charge in [0.25, 0.3) is 0 Å². The fourth-order valence-corrected chi connectivity index (χ4v) is 4.82. The summed E-state index contributed by atoms with van der Waals surface area (Å²) in [5, 5.41) is 1.44. The highest BCUT2D eigenvalue weighted by atomic mass is 15.2. The van der Waals surface area contributed by atoms with Crippen molar-refractivity contribution >= 4 is 10.9 Å². The summed E-state index contributed by atoms with van der Waals surface area (Å²) in [6, 6.07) is 20.6. The van der Waals surface area contributed by atoms with Crippen molar-refractivity contribution in [1.29, 1.82) is 0 Å². The minimum atomic E-state index is 0.329. The molecule has 2 N–H and O–H groups in total. The minimum absolute atomic E-state index is 0.329. The van der Waals surface area contributed by atoms with Crippen LogP contribution in [0.4, 0.5) is 0 Å². The second-order valence-corrected chi connectivity index (χ2v) is 7.54. The molecule has 2 unspecified atom stereocenters. The van der Waals surface area contributed by atoms with Crippen LogP contribution in [0.2, 0.25) is 0 Å². The number of para-hydroxylation sites is 1. The van der Waals surface area contributed by atoms with E-state index in [-0.39, 0.29) is 0 Å². The molecule has 1 aromatic heterocycles. The molecule has 2 aromatic carbocycles. The molecule has 5 rings (SSSR count). The fraction of sp³-hybridized carbons (Fsp3) is 0.364. The zero-order valence-electron chi connectivity index (χ0n) is 14.6. The van der Waals surface area contributed by atoms with E-state index in [9.17, 15) is 0 Å². The van der Waals surface area contributed by atoms with Gasteiger partial charge in [0.15, 0.2) is 0 Å². The Morgan fingerprint density at radius 2 is 1.76 bits per heavy atom. The summed E-state index contributed by atoms with van der Waals surface area (Å²) in [6.07, 6.45) is 3.37. The molecular weight excluding hydrogens is 306 g/mol.